The van der Waals surface area contributed by atoms with Crippen molar-refractivity contribution in [2.45, 2.75) is 51.6 Å². The fourth-order valence-electron chi connectivity index (χ4n) is 2.26. The number of benzene rings is 1. The molecule has 5 nitrogen and oxygen atoms in total. The standard InChI is InChI=1S/C16H21BrO5/c1-3-16(2,22-14-6-4-5-7-20-14)21-13-9-11(15(18)19)8-12(17)10-13/h8-10,14H,3-7H2,1-2H3,(H,18,19). The highest BCUT2D eigenvalue weighted by molar-refractivity contribution is 9.10. The van der Waals surface area contributed by atoms with Crippen molar-refractivity contribution in [3.8, 4) is 5.75 Å². The lowest BCUT2D eigenvalue weighted by Gasteiger charge is -2.35. The van der Waals surface area contributed by atoms with Gasteiger partial charge in [-0.15, -0.1) is 0 Å². The highest BCUT2D eigenvalue weighted by Gasteiger charge is 2.31. The first-order valence-electron chi connectivity index (χ1n) is 7.44. The largest absolute Gasteiger partial charge is 0.478 e. The molecular weight excluding hydrogens is 352 g/mol. The predicted octanol–water partition coefficient (Wildman–Crippen LogP) is 4.20. The monoisotopic (exact) mass is 372 g/mol. The van der Waals surface area contributed by atoms with Crippen molar-refractivity contribution in [1.29, 1.82) is 0 Å². The van der Waals surface area contributed by atoms with Crippen LogP contribution in [0.25, 0.3) is 0 Å². The van der Waals surface area contributed by atoms with Gasteiger partial charge in [-0.05, 0) is 37.5 Å². The van der Waals surface area contributed by atoms with E-state index in [9.17, 15) is 4.79 Å². The molecule has 1 N–H and O–H groups in total. The fraction of sp³-hybridized carbons (Fsp3) is 0.562. The Bertz CT molecular complexity index is 527. The number of rotatable bonds is 6. The number of hydrogen-bond donors (Lipinski definition) is 1. The zero-order valence-electron chi connectivity index (χ0n) is 12.8. The molecule has 1 heterocycles. The molecule has 0 bridgehead atoms. The van der Waals surface area contributed by atoms with Gasteiger partial charge in [0.25, 0.3) is 0 Å². The van der Waals surface area contributed by atoms with Gasteiger partial charge in [0, 0.05) is 24.4 Å². The molecule has 2 unspecified atom stereocenters. The molecule has 6 heteroatoms. The number of aromatic carboxylic acids is 1. The van der Waals surface area contributed by atoms with E-state index in [1.54, 1.807) is 6.07 Å². The van der Waals surface area contributed by atoms with Crippen molar-refractivity contribution in [3.05, 3.63) is 28.2 Å². The van der Waals surface area contributed by atoms with Crippen LogP contribution in [0.4, 0.5) is 0 Å². The highest BCUT2D eigenvalue weighted by Crippen LogP contribution is 2.29. The summed E-state index contributed by atoms with van der Waals surface area (Å²) >= 11 is 3.30. The van der Waals surface area contributed by atoms with E-state index in [1.165, 1.54) is 12.1 Å². The molecule has 122 valence electrons. The number of carbonyl (C=O) groups is 1. The Morgan fingerprint density at radius 3 is 2.82 bits per heavy atom. The van der Waals surface area contributed by atoms with Crippen LogP contribution < -0.4 is 4.74 Å². The maximum Gasteiger partial charge on any atom is 0.335 e. The lowest BCUT2D eigenvalue weighted by atomic mass is 10.2. The van der Waals surface area contributed by atoms with E-state index in [-0.39, 0.29) is 11.9 Å². The summed E-state index contributed by atoms with van der Waals surface area (Å²) in [6.45, 7) is 4.50. The molecule has 0 saturated carbocycles. The van der Waals surface area contributed by atoms with Gasteiger partial charge in [-0.2, -0.15) is 0 Å². The minimum absolute atomic E-state index is 0.164. The van der Waals surface area contributed by atoms with Gasteiger partial charge in [-0.25, -0.2) is 4.79 Å². The summed E-state index contributed by atoms with van der Waals surface area (Å²) < 4.78 is 18.1. The first-order valence-corrected chi connectivity index (χ1v) is 8.23. The molecule has 1 aliphatic rings. The maximum atomic E-state index is 11.1. The summed E-state index contributed by atoms with van der Waals surface area (Å²) in [5.74, 6) is -1.41. The lowest BCUT2D eigenvalue weighted by Crippen LogP contribution is -2.41. The number of ether oxygens (including phenoxy) is 3. The molecule has 1 aliphatic heterocycles. The summed E-state index contributed by atoms with van der Waals surface area (Å²) in [6, 6.07) is 4.75. The summed E-state index contributed by atoms with van der Waals surface area (Å²) in [5.41, 5.74) is 0.164. The predicted molar refractivity (Wildman–Crippen MR) is 85.1 cm³/mol. The Labute approximate surface area is 138 Å². The van der Waals surface area contributed by atoms with Crippen LogP contribution >= 0.6 is 15.9 Å². The van der Waals surface area contributed by atoms with Crippen LogP contribution in [0.1, 0.15) is 49.9 Å². The van der Waals surface area contributed by atoms with Crippen LogP contribution in [0.2, 0.25) is 0 Å². The van der Waals surface area contributed by atoms with E-state index in [4.69, 9.17) is 19.3 Å². The SMILES string of the molecule is CCC(C)(Oc1cc(Br)cc(C(=O)O)c1)OC1CCCCO1. The van der Waals surface area contributed by atoms with E-state index < -0.39 is 11.8 Å². The second-order valence-corrected chi connectivity index (χ2v) is 6.40. The van der Waals surface area contributed by atoms with Crippen molar-refractivity contribution in [2.75, 3.05) is 6.61 Å². The minimum atomic E-state index is -0.999. The molecule has 1 aromatic carbocycles. The molecule has 0 aromatic heterocycles. The Balaban J connectivity index is 2.12. The van der Waals surface area contributed by atoms with E-state index in [2.05, 4.69) is 15.9 Å². The third kappa shape index (κ3) is 4.69. The normalized spacial score (nSPS) is 21.1. The van der Waals surface area contributed by atoms with Crippen molar-refractivity contribution in [2.24, 2.45) is 0 Å². The Hall–Kier alpha value is -1.11. The van der Waals surface area contributed by atoms with Crippen LogP contribution in [0, 0.1) is 0 Å². The average molecular weight is 373 g/mol. The molecule has 0 aliphatic carbocycles. The van der Waals surface area contributed by atoms with E-state index in [0.717, 1.165) is 19.3 Å². The van der Waals surface area contributed by atoms with Crippen molar-refractivity contribution in [3.63, 3.8) is 0 Å². The third-order valence-electron chi connectivity index (χ3n) is 3.61. The van der Waals surface area contributed by atoms with Gasteiger partial charge in [0.2, 0.25) is 5.79 Å². The van der Waals surface area contributed by atoms with E-state index in [0.29, 0.717) is 23.2 Å². The second-order valence-electron chi connectivity index (χ2n) is 5.48. The van der Waals surface area contributed by atoms with Crippen molar-refractivity contribution < 1.29 is 24.1 Å². The summed E-state index contributed by atoms with van der Waals surface area (Å²) in [6.07, 6.45) is 3.31. The molecule has 1 saturated heterocycles. The van der Waals surface area contributed by atoms with Gasteiger partial charge < -0.3 is 19.3 Å². The van der Waals surface area contributed by atoms with Crippen LogP contribution in [0.5, 0.6) is 5.75 Å². The summed E-state index contributed by atoms with van der Waals surface area (Å²) in [7, 11) is 0. The van der Waals surface area contributed by atoms with Crippen LogP contribution in [-0.4, -0.2) is 29.8 Å². The summed E-state index contributed by atoms with van der Waals surface area (Å²) in [5, 5.41) is 9.12. The maximum absolute atomic E-state index is 11.1. The van der Waals surface area contributed by atoms with Gasteiger partial charge in [0.15, 0.2) is 6.29 Å². The number of carboxylic acids is 1. The number of hydrogen-bond acceptors (Lipinski definition) is 4. The molecular formula is C16H21BrO5. The van der Waals surface area contributed by atoms with Crippen LogP contribution in [-0.2, 0) is 9.47 Å². The van der Waals surface area contributed by atoms with Gasteiger partial charge in [0.05, 0.1) is 5.56 Å². The quantitative estimate of drug-likeness (QED) is 0.758. The minimum Gasteiger partial charge on any atom is -0.478 e. The van der Waals surface area contributed by atoms with Crippen molar-refractivity contribution >= 4 is 21.9 Å². The molecule has 0 radical (unpaired) electrons. The topological polar surface area (TPSA) is 65.0 Å². The zero-order valence-corrected chi connectivity index (χ0v) is 14.4. The lowest BCUT2D eigenvalue weighted by molar-refractivity contribution is -0.280. The second kappa shape index (κ2) is 7.44. The van der Waals surface area contributed by atoms with Gasteiger partial charge in [-0.3, -0.25) is 0 Å². The fourth-order valence-corrected chi connectivity index (χ4v) is 2.73. The highest BCUT2D eigenvalue weighted by atomic mass is 79.9. The van der Waals surface area contributed by atoms with Crippen LogP contribution in [0.3, 0.4) is 0 Å². The van der Waals surface area contributed by atoms with E-state index in [1.807, 2.05) is 13.8 Å². The Morgan fingerprint density at radius 1 is 1.45 bits per heavy atom. The zero-order chi connectivity index (χ0) is 16.2. The molecule has 1 fully saturated rings. The summed E-state index contributed by atoms with van der Waals surface area (Å²) in [4.78, 5) is 11.1. The van der Waals surface area contributed by atoms with Crippen LogP contribution in [0.15, 0.2) is 22.7 Å². The molecule has 0 amide bonds. The van der Waals surface area contributed by atoms with E-state index >= 15 is 0 Å². The van der Waals surface area contributed by atoms with Gasteiger partial charge in [-0.1, -0.05) is 22.9 Å². The first kappa shape index (κ1) is 17.2. The van der Waals surface area contributed by atoms with Gasteiger partial charge >= 0.3 is 5.97 Å². The smallest absolute Gasteiger partial charge is 0.335 e. The molecule has 22 heavy (non-hydrogen) atoms. The third-order valence-corrected chi connectivity index (χ3v) is 4.07. The van der Waals surface area contributed by atoms with Gasteiger partial charge in [0.1, 0.15) is 5.75 Å². The molecule has 0 spiro atoms. The molecule has 1 aromatic rings. The molecule has 2 rings (SSSR count). The van der Waals surface area contributed by atoms with Crippen molar-refractivity contribution in [1.82, 2.24) is 0 Å². The Kier molecular flexibility index (Phi) is 5.83. The molecule has 2 atom stereocenters. The average Bonchev–Trinajstić information content (AvgIpc) is 2.47. The number of halogens is 1. The first-order chi connectivity index (χ1) is 10.4. The number of carboxylic acid groups (broad SMARTS) is 1. The Morgan fingerprint density at radius 2 is 2.23 bits per heavy atom.